The summed E-state index contributed by atoms with van der Waals surface area (Å²) in [7, 11) is 0. The Balaban J connectivity index is 1.02. The first kappa shape index (κ1) is 34.8. The molecule has 1 unspecified atom stereocenters. The summed E-state index contributed by atoms with van der Waals surface area (Å²) in [6.45, 7) is 0. The Hall–Kier alpha value is -8.08. The van der Waals surface area contributed by atoms with E-state index in [1.165, 1.54) is 71.9 Å². The fourth-order valence-electron chi connectivity index (χ4n) is 10.7. The van der Waals surface area contributed by atoms with Gasteiger partial charge in [0.05, 0.1) is 16.4 Å². The van der Waals surface area contributed by atoms with Crippen molar-refractivity contribution in [1.82, 2.24) is 9.88 Å². The number of hydrogen-bond acceptors (Lipinski definition) is 3. The predicted octanol–water partition coefficient (Wildman–Crippen LogP) is 13.3. The molecule has 290 valence electrons. The van der Waals surface area contributed by atoms with Crippen LogP contribution in [0.2, 0.25) is 0 Å². The zero-order chi connectivity index (χ0) is 40.8. The molecule has 4 nitrogen and oxygen atoms in total. The summed E-state index contributed by atoms with van der Waals surface area (Å²) in [5, 5.41) is 6.13. The van der Waals surface area contributed by atoms with Crippen LogP contribution in [-0.2, 0) is 5.41 Å². The number of hydrogen-bond donors (Lipinski definition) is 1. The smallest absolute Gasteiger partial charge is 0.159 e. The molecular formula is C58H38N4. The first-order valence-corrected chi connectivity index (χ1v) is 21.4. The van der Waals surface area contributed by atoms with E-state index in [0.717, 1.165) is 33.7 Å². The van der Waals surface area contributed by atoms with Crippen LogP contribution in [-0.4, -0.2) is 16.2 Å². The molecule has 1 N–H and O–H groups in total. The van der Waals surface area contributed by atoms with E-state index in [2.05, 4.69) is 222 Å². The molecule has 2 heterocycles. The molecule has 1 spiro atoms. The van der Waals surface area contributed by atoms with Gasteiger partial charge in [0, 0.05) is 33.2 Å². The molecular weight excluding hydrogens is 753 g/mol. The first-order valence-electron chi connectivity index (χ1n) is 21.4. The Morgan fingerprint density at radius 3 is 1.76 bits per heavy atom. The third kappa shape index (κ3) is 4.95. The van der Waals surface area contributed by atoms with Crippen LogP contribution in [0.3, 0.4) is 0 Å². The highest BCUT2D eigenvalue weighted by Crippen LogP contribution is 2.64. The van der Waals surface area contributed by atoms with Crippen LogP contribution in [0.1, 0.15) is 45.1 Å². The molecule has 0 radical (unpaired) electrons. The SMILES string of the molecule is c1ccc(-c2ccc(C3=NC(c4cccc(-n5c6ccccc6c6ccc7c(c65)-c5ccccc5C75c6ccccc6-c6ccccc65)c4)=NC(c4ccccc4)N3)cc2)cc1. The fraction of sp³-hybridized carbons (Fsp3) is 0.0345. The van der Waals surface area contributed by atoms with E-state index in [4.69, 9.17) is 9.98 Å². The molecule has 10 aromatic rings. The lowest BCUT2D eigenvalue weighted by molar-refractivity contribution is 0.674. The largest absolute Gasteiger partial charge is 0.344 e. The lowest BCUT2D eigenvalue weighted by Gasteiger charge is -2.30. The van der Waals surface area contributed by atoms with E-state index < -0.39 is 5.41 Å². The van der Waals surface area contributed by atoms with Gasteiger partial charge in [-0.25, -0.2) is 9.98 Å². The van der Waals surface area contributed by atoms with Crippen molar-refractivity contribution in [3.05, 3.63) is 257 Å². The quantitative estimate of drug-likeness (QED) is 0.185. The van der Waals surface area contributed by atoms with E-state index in [0.29, 0.717) is 5.84 Å². The first-order chi connectivity index (χ1) is 30.8. The molecule has 0 saturated carbocycles. The van der Waals surface area contributed by atoms with Crippen LogP contribution in [0.4, 0.5) is 0 Å². The summed E-state index contributed by atoms with van der Waals surface area (Å²) < 4.78 is 2.48. The second kappa shape index (κ2) is 13.5. The minimum atomic E-state index is -0.433. The van der Waals surface area contributed by atoms with Crippen molar-refractivity contribution in [3.8, 4) is 39.1 Å². The lowest BCUT2D eigenvalue weighted by atomic mass is 9.70. The number of fused-ring (bicyclic) bond motifs is 14. The molecule has 1 aromatic heterocycles. The van der Waals surface area contributed by atoms with Gasteiger partial charge in [-0.2, -0.15) is 0 Å². The maximum atomic E-state index is 5.30. The normalized spacial score (nSPS) is 15.4. The molecule has 3 aliphatic rings. The van der Waals surface area contributed by atoms with Crippen molar-refractivity contribution in [2.45, 2.75) is 11.6 Å². The monoisotopic (exact) mass is 790 g/mol. The number of benzene rings is 9. The van der Waals surface area contributed by atoms with Crippen molar-refractivity contribution in [3.63, 3.8) is 0 Å². The van der Waals surface area contributed by atoms with E-state index in [9.17, 15) is 0 Å². The van der Waals surface area contributed by atoms with Crippen molar-refractivity contribution >= 4 is 33.5 Å². The zero-order valence-electron chi connectivity index (χ0n) is 33.7. The number of rotatable bonds is 5. The van der Waals surface area contributed by atoms with Crippen molar-refractivity contribution in [2.24, 2.45) is 9.98 Å². The third-order valence-electron chi connectivity index (χ3n) is 13.3. The minimum Gasteiger partial charge on any atom is -0.344 e. The summed E-state index contributed by atoms with van der Waals surface area (Å²) in [5.74, 6) is 1.48. The van der Waals surface area contributed by atoms with Gasteiger partial charge < -0.3 is 9.88 Å². The van der Waals surface area contributed by atoms with Gasteiger partial charge in [0.2, 0.25) is 0 Å². The van der Waals surface area contributed by atoms with Crippen LogP contribution in [0.5, 0.6) is 0 Å². The molecule has 0 bridgehead atoms. The van der Waals surface area contributed by atoms with Crippen molar-refractivity contribution in [1.29, 1.82) is 0 Å². The van der Waals surface area contributed by atoms with Gasteiger partial charge in [0.25, 0.3) is 0 Å². The molecule has 0 amide bonds. The molecule has 1 aliphatic heterocycles. The summed E-state index contributed by atoms with van der Waals surface area (Å²) >= 11 is 0. The summed E-state index contributed by atoms with van der Waals surface area (Å²) in [5.41, 5.74) is 18.9. The Morgan fingerprint density at radius 2 is 1.02 bits per heavy atom. The average Bonchev–Trinajstić information content (AvgIpc) is 3.96. The van der Waals surface area contributed by atoms with E-state index >= 15 is 0 Å². The number of aromatic nitrogens is 1. The van der Waals surface area contributed by atoms with Gasteiger partial charge >= 0.3 is 0 Å². The van der Waals surface area contributed by atoms with Crippen molar-refractivity contribution < 1.29 is 0 Å². The predicted molar refractivity (Wildman–Crippen MR) is 254 cm³/mol. The number of para-hydroxylation sites is 1. The average molecular weight is 791 g/mol. The standard InChI is InChI=1S/C58H38N4/c1-3-16-37(17-4-1)38-30-32-40(33-31-38)56-59-55(39-18-5-2-6-19-39)60-57(61-56)41-20-15-21-42(36-41)62-52-29-14-10-24-45(52)46-34-35-51-53(54(46)62)47-25-9-13-28-50(47)58(51)48-26-11-7-22-43(48)44-23-8-12-27-49(44)58/h1-36,55H,(H,59,60,61). The van der Waals surface area contributed by atoms with Gasteiger partial charge in [-0.3, -0.25) is 0 Å². The van der Waals surface area contributed by atoms with Crippen LogP contribution < -0.4 is 5.32 Å². The molecule has 0 saturated heterocycles. The Morgan fingerprint density at radius 1 is 0.435 bits per heavy atom. The second-order valence-corrected chi connectivity index (χ2v) is 16.5. The van der Waals surface area contributed by atoms with Gasteiger partial charge in [0.15, 0.2) is 5.84 Å². The lowest BCUT2D eigenvalue weighted by Crippen LogP contribution is -2.33. The summed E-state index contributed by atoms with van der Waals surface area (Å²) in [6.07, 6.45) is -0.308. The molecule has 1 atom stereocenters. The Bertz CT molecular complexity index is 3440. The number of nitrogens with one attached hydrogen (secondary N) is 1. The Labute approximate surface area is 359 Å². The molecule has 0 fully saturated rings. The number of aliphatic imine (C=N–C) groups is 2. The number of nitrogens with zero attached hydrogens (tertiary/aromatic N) is 3. The van der Waals surface area contributed by atoms with Crippen molar-refractivity contribution in [2.75, 3.05) is 0 Å². The summed E-state index contributed by atoms with van der Waals surface area (Å²) in [4.78, 5) is 10.6. The van der Waals surface area contributed by atoms with E-state index in [1.807, 2.05) is 6.07 Å². The number of amidine groups is 2. The highest BCUT2D eigenvalue weighted by atomic mass is 15.2. The minimum absolute atomic E-state index is 0.308. The van der Waals surface area contributed by atoms with Gasteiger partial charge in [-0.1, -0.05) is 200 Å². The molecule has 13 rings (SSSR count). The molecule has 9 aromatic carbocycles. The van der Waals surface area contributed by atoms with Crippen LogP contribution in [0, 0.1) is 0 Å². The highest BCUT2D eigenvalue weighted by Gasteiger charge is 2.52. The zero-order valence-corrected chi connectivity index (χ0v) is 33.7. The van der Waals surface area contributed by atoms with E-state index in [1.54, 1.807) is 0 Å². The second-order valence-electron chi connectivity index (χ2n) is 16.5. The fourth-order valence-corrected chi connectivity index (χ4v) is 10.7. The third-order valence-corrected chi connectivity index (χ3v) is 13.3. The molecule has 2 aliphatic carbocycles. The Kier molecular flexibility index (Phi) is 7.55. The van der Waals surface area contributed by atoms with Gasteiger partial charge in [-0.05, 0) is 73.8 Å². The van der Waals surface area contributed by atoms with Crippen LogP contribution >= 0.6 is 0 Å². The van der Waals surface area contributed by atoms with Crippen LogP contribution in [0.25, 0.3) is 60.9 Å². The van der Waals surface area contributed by atoms with Gasteiger partial charge in [-0.15, -0.1) is 0 Å². The molecule has 4 heteroatoms. The van der Waals surface area contributed by atoms with E-state index in [-0.39, 0.29) is 6.17 Å². The molecule has 62 heavy (non-hydrogen) atoms. The summed E-state index contributed by atoms with van der Waals surface area (Å²) in [6, 6.07) is 79.1. The maximum Gasteiger partial charge on any atom is 0.159 e. The maximum absolute atomic E-state index is 5.30. The topological polar surface area (TPSA) is 41.7 Å². The van der Waals surface area contributed by atoms with Gasteiger partial charge in [0.1, 0.15) is 12.0 Å². The highest BCUT2D eigenvalue weighted by molar-refractivity contribution is 6.17. The van der Waals surface area contributed by atoms with Crippen LogP contribution in [0.15, 0.2) is 228 Å².